The highest BCUT2D eigenvalue weighted by Gasteiger charge is 2.23. The Hall–Kier alpha value is -3.85. The first kappa shape index (κ1) is 21.0. The van der Waals surface area contributed by atoms with Crippen LogP contribution in [0.4, 0.5) is 11.6 Å². The maximum absolute atomic E-state index is 13.0. The van der Waals surface area contributed by atoms with Gasteiger partial charge in [0, 0.05) is 61.3 Å². The zero-order valence-corrected chi connectivity index (χ0v) is 18.8. The highest BCUT2D eigenvalue weighted by atomic mass is 16.5. The number of ether oxygens (including phenoxy) is 1. The van der Waals surface area contributed by atoms with Gasteiger partial charge in [0.1, 0.15) is 11.6 Å². The number of aryl methyl sites for hydroxylation is 1. The van der Waals surface area contributed by atoms with Crippen LogP contribution in [0.5, 0.6) is 0 Å². The number of amides is 1. The van der Waals surface area contributed by atoms with Crippen molar-refractivity contribution in [2.75, 3.05) is 23.3 Å². The van der Waals surface area contributed by atoms with Crippen molar-refractivity contribution in [2.24, 2.45) is 7.05 Å². The molecular weight excluding hydrogens is 418 g/mol. The molecule has 1 aliphatic heterocycles. The first-order valence-electron chi connectivity index (χ1n) is 10.9. The molecule has 1 amide bonds. The molecule has 5 heterocycles. The van der Waals surface area contributed by atoms with Gasteiger partial charge in [0.15, 0.2) is 0 Å². The lowest BCUT2D eigenvalue weighted by Crippen LogP contribution is -2.45. The summed E-state index contributed by atoms with van der Waals surface area (Å²) in [6.07, 6.45) is 7.27. The van der Waals surface area contributed by atoms with Crippen LogP contribution < -0.4 is 10.2 Å². The van der Waals surface area contributed by atoms with Crippen LogP contribution in [0.3, 0.4) is 0 Å². The Labute approximate surface area is 191 Å². The van der Waals surface area contributed by atoms with Crippen molar-refractivity contribution in [1.29, 1.82) is 0 Å². The number of rotatable bonds is 4. The average Bonchev–Trinajstić information content (AvgIpc) is 3.24. The summed E-state index contributed by atoms with van der Waals surface area (Å²) in [4.78, 5) is 28.7. The van der Waals surface area contributed by atoms with Crippen molar-refractivity contribution in [2.45, 2.75) is 26.1 Å². The first-order valence-corrected chi connectivity index (χ1v) is 10.9. The molecule has 0 unspecified atom stereocenters. The maximum atomic E-state index is 13.0. The van der Waals surface area contributed by atoms with E-state index in [0.717, 1.165) is 41.1 Å². The van der Waals surface area contributed by atoms with E-state index in [4.69, 9.17) is 9.72 Å². The third-order valence-electron chi connectivity index (χ3n) is 5.57. The van der Waals surface area contributed by atoms with Gasteiger partial charge in [-0.1, -0.05) is 0 Å². The molecule has 5 rings (SSSR count). The molecule has 0 radical (unpaired) electrons. The summed E-state index contributed by atoms with van der Waals surface area (Å²) in [5.41, 5.74) is 3.00. The van der Waals surface area contributed by atoms with Gasteiger partial charge in [-0.05, 0) is 38.1 Å². The van der Waals surface area contributed by atoms with E-state index in [2.05, 4.69) is 25.3 Å². The maximum Gasteiger partial charge on any atom is 0.257 e. The van der Waals surface area contributed by atoms with Gasteiger partial charge in [-0.25, -0.2) is 15.0 Å². The zero-order valence-electron chi connectivity index (χ0n) is 18.8. The number of carbonyl (C=O) groups is 1. The number of pyridine rings is 3. The standard InChI is InChI=1S/C24H25N7O2/c1-15-12-31(13-16(2)33-15)23-8-17(6-7-25-23)24(32)29-22-9-21-18(10-26-22)4-5-20(28-21)19-11-27-30(3)14-19/h4-11,14-16H,12-13H2,1-3H3,(H,26,29,32)/t15-,16+. The molecule has 0 aliphatic carbocycles. The summed E-state index contributed by atoms with van der Waals surface area (Å²) < 4.78 is 7.54. The van der Waals surface area contributed by atoms with E-state index < -0.39 is 0 Å². The molecule has 1 fully saturated rings. The van der Waals surface area contributed by atoms with Crippen molar-refractivity contribution in [3.05, 3.63) is 60.7 Å². The molecule has 33 heavy (non-hydrogen) atoms. The normalized spacial score (nSPS) is 18.5. The van der Waals surface area contributed by atoms with Crippen LogP contribution in [0, 0.1) is 0 Å². The van der Waals surface area contributed by atoms with E-state index >= 15 is 0 Å². The second-order valence-electron chi connectivity index (χ2n) is 8.38. The van der Waals surface area contributed by atoms with Crippen LogP contribution in [-0.4, -0.2) is 55.9 Å². The number of anilines is 2. The third-order valence-corrected chi connectivity index (χ3v) is 5.57. The predicted octanol–water partition coefficient (Wildman–Crippen LogP) is 3.29. The molecule has 168 valence electrons. The molecular formula is C24H25N7O2. The van der Waals surface area contributed by atoms with E-state index in [1.807, 2.05) is 39.2 Å². The Bertz CT molecular complexity index is 1310. The predicted molar refractivity (Wildman–Crippen MR) is 126 cm³/mol. The number of nitrogens with zero attached hydrogens (tertiary/aromatic N) is 6. The molecule has 0 bridgehead atoms. The van der Waals surface area contributed by atoms with E-state index in [-0.39, 0.29) is 18.1 Å². The topological polar surface area (TPSA) is 98.1 Å². The van der Waals surface area contributed by atoms with Gasteiger partial charge in [0.2, 0.25) is 0 Å². The number of aromatic nitrogens is 5. The number of fused-ring (bicyclic) bond motifs is 1. The Morgan fingerprint density at radius 2 is 1.91 bits per heavy atom. The Morgan fingerprint density at radius 3 is 2.67 bits per heavy atom. The Kier molecular flexibility index (Phi) is 5.47. The quantitative estimate of drug-likeness (QED) is 0.517. The fourth-order valence-electron chi connectivity index (χ4n) is 4.08. The van der Waals surface area contributed by atoms with Crippen molar-refractivity contribution in [3.8, 4) is 11.3 Å². The molecule has 0 saturated carbocycles. The first-order chi connectivity index (χ1) is 15.9. The van der Waals surface area contributed by atoms with Crippen molar-refractivity contribution in [3.63, 3.8) is 0 Å². The Balaban J connectivity index is 1.36. The number of nitrogens with one attached hydrogen (secondary N) is 1. The molecule has 0 spiro atoms. The van der Waals surface area contributed by atoms with Gasteiger partial charge in [-0.3, -0.25) is 9.48 Å². The average molecular weight is 444 g/mol. The van der Waals surface area contributed by atoms with Crippen molar-refractivity contribution >= 4 is 28.4 Å². The minimum atomic E-state index is -0.247. The molecule has 2 atom stereocenters. The lowest BCUT2D eigenvalue weighted by Gasteiger charge is -2.36. The van der Waals surface area contributed by atoms with Crippen LogP contribution in [0.25, 0.3) is 22.2 Å². The van der Waals surface area contributed by atoms with Gasteiger partial charge in [0.25, 0.3) is 5.91 Å². The van der Waals surface area contributed by atoms with Gasteiger partial charge >= 0.3 is 0 Å². The monoisotopic (exact) mass is 443 g/mol. The smallest absolute Gasteiger partial charge is 0.257 e. The van der Waals surface area contributed by atoms with Crippen LogP contribution in [0.1, 0.15) is 24.2 Å². The molecule has 1 N–H and O–H groups in total. The highest BCUT2D eigenvalue weighted by Crippen LogP contribution is 2.23. The summed E-state index contributed by atoms with van der Waals surface area (Å²) >= 11 is 0. The fourth-order valence-corrected chi connectivity index (χ4v) is 4.08. The van der Waals surface area contributed by atoms with Crippen molar-refractivity contribution < 1.29 is 9.53 Å². The molecule has 0 aromatic carbocycles. The molecule has 9 nitrogen and oxygen atoms in total. The molecule has 4 aromatic heterocycles. The van der Waals surface area contributed by atoms with Gasteiger partial charge < -0.3 is 15.0 Å². The summed E-state index contributed by atoms with van der Waals surface area (Å²) in [7, 11) is 1.87. The second-order valence-corrected chi connectivity index (χ2v) is 8.38. The summed E-state index contributed by atoms with van der Waals surface area (Å²) in [5, 5.41) is 7.98. The summed E-state index contributed by atoms with van der Waals surface area (Å²) in [6, 6.07) is 9.18. The third kappa shape index (κ3) is 4.54. The largest absolute Gasteiger partial charge is 0.372 e. The van der Waals surface area contributed by atoms with Crippen LogP contribution >= 0.6 is 0 Å². The van der Waals surface area contributed by atoms with Gasteiger partial charge in [-0.2, -0.15) is 5.10 Å². The number of hydrogen-bond acceptors (Lipinski definition) is 7. The fraction of sp³-hybridized carbons (Fsp3) is 0.292. The molecule has 4 aromatic rings. The molecule has 1 aliphatic rings. The van der Waals surface area contributed by atoms with Crippen LogP contribution in [-0.2, 0) is 11.8 Å². The second kappa shape index (κ2) is 8.59. The van der Waals surface area contributed by atoms with Gasteiger partial charge in [0.05, 0.1) is 29.6 Å². The summed E-state index contributed by atoms with van der Waals surface area (Å²) in [5.74, 6) is 0.956. The molecule has 9 heteroatoms. The minimum Gasteiger partial charge on any atom is -0.372 e. The highest BCUT2D eigenvalue weighted by molar-refractivity contribution is 6.04. The van der Waals surface area contributed by atoms with E-state index in [1.165, 1.54) is 0 Å². The molecule has 1 saturated heterocycles. The Morgan fingerprint density at radius 1 is 1.09 bits per heavy atom. The zero-order chi connectivity index (χ0) is 22.9. The number of hydrogen-bond donors (Lipinski definition) is 1. The minimum absolute atomic E-state index is 0.110. The number of morpholine rings is 1. The van der Waals surface area contributed by atoms with Crippen LogP contribution in [0.15, 0.2) is 55.1 Å². The SMILES string of the molecule is C[C@@H]1CN(c2cc(C(=O)Nc3cc4nc(-c5cnn(C)c5)ccc4cn3)ccn2)C[C@H](C)O1. The number of carbonyl (C=O) groups excluding carboxylic acids is 1. The van der Waals surface area contributed by atoms with E-state index in [0.29, 0.717) is 11.4 Å². The van der Waals surface area contributed by atoms with E-state index in [1.54, 1.807) is 41.5 Å². The lowest BCUT2D eigenvalue weighted by molar-refractivity contribution is -0.00545. The summed E-state index contributed by atoms with van der Waals surface area (Å²) in [6.45, 7) is 5.55. The van der Waals surface area contributed by atoms with Gasteiger partial charge in [-0.15, -0.1) is 0 Å². The van der Waals surface area contributed by atoms with E-state index in [9.17, 15) is 4.79 Å². The van der Waals surface area contributed by atoms with Crippen molar-refractivity contribution in [1.82, 2.24) is 24.7 Å². The van der Waals surface area contributed by atoms with Crippen LogP contribution in [0.2, 0.25) is 0 Å². The lowest BCUT2D eigenvalue weighted by atomic mass is 10.2.